The van der Waals surface area contributed by atoms with E-state index < -0.39 is 0 Å². The Hall–Kier alpha value is -5.20. The molecule has 3 aromatic heterocycles. The van der Waals surface area contributed by atoms with Gasteiger partial charge in [0.25, 0.3) is 5.56 Å². The highest BCUT2D eigenvalue weighted by Crippen LogP contribution is 2.32. The molecular weight excluding hydrogens is 514 g/mol. The van der Waals surface area contributed by atoms with Gasteiger partial charge in [-0.15, -0.1) is 6.42 Å². The predicted octanol–water partition coefficient (Wildman–Crippen LogP) is 4.22. The largest absolute Gasteiger partial charge is 0.508 e. The second-order valence-corrected chi connectivity index (χ2v) is 9.34. The fraction of sp³-hybridized carbons (Fsp3) is 0.0690. The summed E-state index contributed by atoms with van der Waals surface area (Å²) in [5.41, 5.74) is 9.34. The quantitative estimate of drug-likeness (QED) is 0.318. The highest BCUT2D eigenvalue weighted by molar-refractivity contribution is 6.30. The number of rotatable bonds is 5. The molecule has 190 valence electrons. The van der Waals surface area contributed by atoms with Crippen molar-refractivity contribution >= 4 is 39.4 Å². The summed E-state index contributed by atoms with van der Waals surface area (Å²) in [7, 11) is 0. The summed E-state index contributed by atoms with van der Waals surface area (Å²) in [5, 5.41) is 16.3. The Balaban J connectivity index is 1.57. The lowest BCUT2D eigenvalue weighted by molar-refractivity contribution is 0.475. The number of aromatic hydroxyl groups is 1. The first-order valence-corrected chi connectivity index (χ1v) is 12.3. The minimum absolute atomic E-state index is 0.0847. The molecule has 6 rings (SSSR count). The number of nitrogen functional groups attached to an aromatic ring is 1. The van der Waals surface area contributed by atoms with Crippen LogP contribution in [0.3, 0.4) is 0 Å². The van der Waals surface area contributed by atoms with Gasteiger partial charge in [0.1, 0.15) is 36.0 Å². The van der Waals surface area contributed by atoms with Gasteiger partial charge in [0.15, 0.2) is 5.65 Å². The lowest BCUT2D eigenvalue weighted by atomic mass is 10.1. The Morgan fingerprint density at radius 3 is 2.62 bits per heavy atom. The third kappa shape index (κ3) is 4.33. The topological polar surface area (TPSA) is 125 Å². The highest BCUT2D eigenvalue weighted by Gasteiger charge is 2.20. The first kappa shape index (κ1) is 24.2. The molecule has 0 aliphatic rings. The number of benzene rings is 3. The van der Waals surface area contributed by atoms with Crippen molar-refractivity contribution in [3.63, 3.8) is 0 Å². The zero-order valence-corrected chi connectivity index (χ0v) is 21.2. The highest BCUT2D eigenvalue weighted by atomic mass is 35.5. The third-order valence-corrected chi connectivity index (χ3v) is 6.65. The van der Waals surface area contributed by atoms with Crippen LogP contribution in [0.1, 0.15) is 17.0 Å². The average Bonchev–Trinajstić information content (AvgIpc) is 3.30. The summed E-state index contributed by atoms with van der Waals surface area (Å²) in [5.74, 6) is 3.36. The van der Waals surface area contributed by atoms with E-state index in [9.17, 15) is 9.90 Å². The summed E-state index contributed by atoms with van der Waals surface area (Å²) < 4.78 is 3.20. The number of nitrogens with zero attached hydrogens (tertiary/aromatic N) is 6. The molecule has 0 saturated heterocycles. The molecule has 3 N–H and O–H groups in total. The second-order valence-electron chi connectivity index (χ2n) is 8.91. The molecule has 0 saturated carbocycles. The molecule has 10 heteroatoms. The first-order chi connectivity index (χ1) is 18.9. The van der Waals surface area contributed by atoms with Crippen molar-refractivity contribution in [1.29, 1.82) is 0 Å². The van der Waals surface area contributed by atoms with Crippen LogP contribution in [0.5, 0.6) is 5.75 Å². The van der Waals surface area contributed by atoms with Crippen LogP contribution in [0.15, 0.2) is 77.9 Å². The lowest BCUT2D eigenvalue weighted by Gasteiger charge is -2.15. The van der Waals surface area contributed by atoms with Gasteiger partial charge >= 0.3 is 0 Å². The number of phenolic OH excluding ortho intramolecular Hbond substituents is 1. The first-order valence-electron chi connectivity index (χ1n) is 11.9. The maximum absolute atomic E-state index is 13.9. The van der Waals surface area contributed by atoms with Crippen LogP contribution < -0.4 is 11.3 Å². The van der Waals surface area contributed by atoms with Gasteiger partial charge in [-0.1, -0.05) is 47.9 Å². The zero-order valence-electron chi connectivity index (χ0n) is 20.4. The van der Waals surface area contributed by atoms with E-state index in [2.05, 4.69) is 15.9 Å². The number of halogens is 1. The van der Waals surface area contributed by atoms with Crippen LogP contribution in [0, 0.1) is 12.3 Å². The van der Waals surface area contributed by atoms with E-state index >= 15 is 0 Å². The minimum atomic E-state index is -0.276. The van der Waals surface area contributed by atoms with Crippen molar-refractivity contribution in [3.8, 4) is 29.4 Å². The maximum atomic E-state index is 13.9. The van der Waals surface area contributed by atoms with E-state index in [1.165, 1.54) is 6.33 Å². The van der Waals surface area contributed by atoms with Crippen LogP contribution in [0.25, 0.3) is 33.2 Å². The monoisotopic (exact) mass is 533 g/mol. The van der Waals surface area contributed by atoms with Gasteiger partial charge in [-0.2, -0.15) is 5.10 Å². The van der Waals surface area contributed by atoms with E-state index in [1.807, 2.05) is 18.2 Å². The molecule has 0 bridgehead atoms. The van der Waals surface area contributed by atoms with Gasteiger partial charge in [-0.3, -0.25) is 9.36 Å². The number of phenols is 1. The smallest absolute Gasteiger partial charge is 0.263 e. The Labute approximate surface area is 227 Å². The predicted molar refractivity (Wildman–Crippen MR) is 150 cm³/mol. The Bertz CT molecular complexity index is 2010. The Morgan fingerprint density at radius 2 is 1.82 bits per heavy atom. The number of fused-ring (bicyclic) bond motifs is 2. The van der Waals surface area contributed by atoms with Gasteiger partial charge in [0.2, 0.25) is 0 Å². The molecule has 3 aromatic carbocycles. The third-order valence-electron chi connectivity index (χ3n) is 6.42. The lowest BCUT2D eigenvalue weighted by Crippen LogP contribution is -2.28. The number of terminal acetylenes is 1. The molecule has 0 amide bonds. The van der Waals surface area contributed by atoms with Gasteiger partial charge < -0.3 is 10.8 Å². The SMILES string of the molecule is C#Cc1cccc2nc(Cn3nc(-c4cccc(O)c4)c4c(N)ncnc43)n(Cc3cccc(Cl)c3)c(=O)c12. The minimum Gasteiger partial charge on any atom is -0.508 e. The molecule has 0 atom stereocenters. The molecule has 0 spiro atoms. The van der Waals surface area contributed by atoms with Crippen LogP contribution in [-0.2, 0) is 13.1 Å². The van der Waals surface area contributed by atoms with E-state index in [1.54, 1.807) is 57.8 Å². The van der Waals surface area contributed by atoms with Crippen molar-refractivity contribution < 1.29 is 5.11 Å². The summed E-state index contributed by atoms with van der Waals surface area (Å²) in [6, 6.07) is 19.2. The van der Waals surface area contributed by atoms with Crippen molar-refractivity contribution in [2.45, 2.75) is 13.1 Å². The van der Waals surface area contributed by atoms with Crippen LogP contribution in [0.4, 0.5) is 5.82 Å². The second kappa shape index (κ2) is 9.59. The average molecular weight is 534 g/mol. The van der Waals surface area contributed by atoms with Crippen LogP contribution in [-0.4, -0.2) is 34.4 Å². The Kier molecular flexibility index (Phi) is 5.94. The molecule has 0 fully saturated rings. The van der Waals surface area contributed by atoms with Gasteiger partial charge in [0, 0.05) is 16.1 Å². The number of hydrogen-bond donors (Lipinski definition) is 2. The summed E-state index contributed by atoms with van der Waals surface area (Å²) >= 11 is 6.23. The van der Waals surface area contributed by atoms with Crippen LogP contribution >= 0.6 is 11.6 Å². The molecule has 6 aromatic rings. The Morgan fingerprint density at radius 1 is 1.00 bits per heavy atom. The molecule has 0 unspecified atom stereocenters. The van der Waals surface area contributed by atoms with Gasteiger partial charge in [-0.25, -0.2) is 19.6 Å². The maximum Gasteiger partial charge on any atom is 0.263 e. The van der Waals surface area contributed by atoms with Crippen molar-refractivity contribution in [2.75, 3.05) is 5.73 Å². The van der Waals surface area contributed by atoms with Crippen molar-refractivity contribution in [1.82, 2.24) is 29.3 Å². The van der Waals surface area contributed by atoms with Crippen molar-refractivity contribution in [3.05, 3.63) is 105 Å². The zero-order chi connectivity index (χ0) is 27.1. The van der Waals surface area contributed by atoms with Gasteiger partial charge in [-0.05, 0) is 42.0 Å². The summed E-state index contributed by atoms with van der Waals surface area (Å²) in [6.45, 7) is 0.310. The van der Waals surface area contributed by atoms with Gasteiger partial charge in [0.05, 0.1) is 22.8 Å². The van der Waals surface area contributed by atoms with Crippen molar-refractivity contribution in [2.24, 2.45) is 0 Å². The van der Waals surface area contributed by atoms with E-state index in [0.29, 0.717) is 49.6 Å². The number of hydrogen-bond acceptors (Lipinski definition) is 7. The molecule has 9 nitrogen and oxygen atoms in total. The summed E-state index contributed by atoms with van der Waals surface area (Å²) in [6.07, 6.45) is 7.07. The molecule has 3 heterocycles. The molecule has 0 aliphatic carbocycles. The number of nitrogens with two attached hydrogens (primary N) is 1. The van der Waals surface area contributed by atoms with E-state index in [0.717, 1.165) is 5.56 Å². The molecule has 0 aliphatic heterocycles. The standard InChI is InChI=1S/C29H20ClN7O2/c1-2-18-7-5-11-22-24(18)29(39)36(14-17-6-3-9-20(30)12-17)23(34-22)15-37-28-25(27(31)32-16-33-28)26(35-37)19-8-4-10-21(38)13-19/h1,3-13,16,38H,14-15H2,(H2,31,32,33). The molecule has 0 radical (unpaired) electrons. The van der Waals surface area contributed by atoms with Crippen LogP contribution in [0.2, 0.25) is 5.02 Å². The number of anilines is 1. The van der Waals surface area contributed by atoms with E-state index in [4.69, 9.17) is 33.8 Å². The normalized spacial score (nSPS) is 11.2. The molecule has 39 heavy (non-hydrogen) atoms. The fourth-order valence-electron chi connectivity index (χ4n) is 4.66. The molecular formula is C29H20ClN7O2. The number of aromatic nitrogens is 6. The van der Waals surface area contributed by atoms with E-state index in [-0.39, 0.29) is 30.2 Å². The summed E-state index contributed by atoms with van der Waals surface area (Å²) in [4.78, 5) is 27.3. The fourth-order valence-corrected chi connectivity index (χ4v) is 4.87.